The minimum atomic E-state index is -0.683. The van der Waals surface area contributed by atoms with Crippen LogP contribution in [-0.2, 0) is 16.2 Å². The van der Waals surface area contributed by atoms with Crippen molar-refractivity contribution in [3.63, 3.8) is 0 Å². The van der Waals surface area contributed by atoms with E-state index in [4.69, 9.17) is 79.7 Å². The largest absolute Gasteiger partial charge is 0.490 e. The minimum Gasteiger partial charge on any atom is -0.490 e. The Bertz CT molecular complexity index is 1490. The van der Waals surface area contributed by atoms with Crippen molar-refractivity contribution in [2.24, 2.45) is 0 Å². The number of thiocarbonyl (C=S) groups is 1. The second-order valence-electron chi connectivity index (χ2n) is 7.83. The summed E-state index contributed by atoms with van der Waals surface area (Å²) in [5, 5.41) is 3.76. The summed E-state index contributed by atoms with van der Waals surface area (Å²) >= 11 is 36.3. The van der Waals surface area contributed by atoms with Crippen LogP contribution in [0, 0.1) is 0 Å². The summed E-state index contributed by atoms with van der Waals surface area (Å²) in [6.07, 6.45) is 1.38. The first-order valence-electron chi connectivity index (χ1n) is 11.0. The number of amides is 2. The monoisotopic (exact) mass is 628 g/mol. The Morgan fingerprint density at radius 3 is 2.39 bits per heavy atom. The molecule has 0 bridgehead atoms. The summed E-state index contributed by atoms with van der Waals surface area (Å²) in [7, 11) is 0. The molecule has 12 heteroatoms. The topological polar surface area (TPSA) is 67.9 Å². The van der Waals surface area contributed by atoms with E-state index in [2.05, 4.69) is 5.32 Å². The Morgan fingerprint density at radius 2 is 1.68 bits per heavy atom. The third kappa shape index (κ3) is 6.04. The average Bonchev–Trinajstić information content (AvgIpc) is 2.86. The molecule has 2 amide bonds. The van der Waals surface area contributed by atoms with Crippen molar-refractivity contribution in [3.8, 4) is 11.5 Å². The first-order chi connectivity index (χ1) is 18.1. The van der Waals surface area contributed by atoms with Gasteiger partial charge in [0.15, 0.2) is 16.6 Å². The predicted molar refractivity (Wildman–Crippen MR) is 156 cm³/mol. The lowest BCUT2D eigenvalue weighted by Gasteiger charge is -2.29. The van der Waals surface area contributed by atoms with Gasteiger partial charge in [0.25, 0.3) is 11.8 Å². The van der Waals surface area contributed by atoms with Crippen LogP contribution in [0.15, 0.2) is 54.1 Å². The molecular weight excluding hydrogens is 614 g/mol. The Balaban J connectivity index is 1.67. The van der Waals surface area contributed by atoms with Crippen LogP contribution in [0.4, 0.5) is 5.69 Å². The van der Waals surface area contributed by atoms with Gasteiger partial charge in [-0.25, -0.2) is 0 Å². The van der Waals surface area contributed by atoms with E-state index >= 15 is 0 Å². The lowest BCUT2D eigenvalue weighted by Crippen LogP contribution is -2.54. The van der Waals surface area contributed by atoms with Crippen molar-refractivity contribution in [1.82, 2.24) is 5.32 Å². The molecule has 0 aliphatic carbocycles. The summed E-state index contributed by atoms with van der Waals surface area (Å²) in [6.45, 7) is 2.26. The molecule has 38 heavy (non-hydrogen) atoms. The zero-order valence-corrected chi connectivity index (χ0v) is 24.1. The molecule has 3 aromatic rings. The number of carbonyl (C=O) groups is 2. The van der Waals surface area contributed by atoms with Crippen molar-refractivity contribution >= 4 is 98.9 Å². The molecule has 0 unspecified atom stereocenters. The first-order valence-corrected chi connectivity index (χ1v) is 13.3. The Morgan fingerprint density at radius 1 is 0.921 bits per heavy atom. The SMILES string of the molecule is CCOc1cc(/C=C2\C(=O)NC(=S)N(c3cccc(Cl)c3Cl)C2=O)cc(Cl)c1OCc1ccc(Cl)c(Cl)c1. The molecule has 1 saturated heterocycles. The molecule has 0 radical (unpaired) electrons. The fourth-order valence-corrected chi connectivity index (χ4v) is 4.82. The van der Waals surface area contributed by atoms with Gasteiger partial charge >= 0.3 is 0 Å². The van der Waals surface area contributed by atoms with Gasteiger partial charge in [0.2, 0.25) is 0 Å². The molecule has 1 N–H and O–H groups in total. The van der Waals surface area contributed by atoms with E-state index < -0.39 is 11.8 Å². The highest BCUT2D eigenvalue weighted by atomic mass is 35.5. The second kappa shape index (κ2) is 12.1. The normalized spacial score (nSPS) is 14.6. The molecule has 1 aliphatic rings. The van der Waals surface area contributed by atoms with Gasteiger partial charge in [0, 0.05) is 0 Å². The Labute approximate surface area is 249 Å². The van der Waals surface area contributed by atoms with Crippen molar-refractivity contribution in [2.75, 3.05) is 11.5 Å². The Hall–Kier alpha value is -2.52. The van der Waals surface area contributed by atoms with Crippen LogP contribution in [-0.4, -0.2) is 23.5 Å². The smallest absolute Gasteiger partial charge is 0.270 e. The zero-order chi connectivity index (χ0) is 27.6. The van der Waals surface area contributed by atoms with Gasteiger partial charge in [-0.2, -0.15) is 0 Å². The van der Waals surface area contributed by atoms with Crippen molar-refractivity contribution in [2.45, 2.75) is 13.5 Å². The summed E-state index contributed by atoms with van der Waals surface area (Å²) in [6, 6.07) is 13.0. The maximum atomic E-state index is 13.4. The minimum absolute atomic E-state index is 0.116. The van der Waals surface area contributed by atoms with Crippen molar-refractivity contribution in [1.29, 1.82) is 0 Å². The van der Waals surface area contributed by atoms with E-state index in [9.17, 15) is 9.59 Å². The van der Waals surface area contributed by atoms with Gasteiger partial charge in [0.05, 0.1) is 37.4 Å². The molecule has 3 aromatic carbocycles. The standard InChI is InChI=1S/C26H17Cl5N2O4S/c1-2-36-21-11-14(10-19(30)23(21)37-12-13-6-7-16(27)18(29)9-13)8-15-24(34)32-26(38)33(25(15)35)20-5-3-4-17(28)22(20)31/h3-11H,2,12H2,1H3,(H,32,34,38)/b15-8+. The van der Waals surface area contributed by atoms with Crippen LogP contribution in [0.1, 0.15) is 18.1 Å². The molecule has 6 nitrogen and oxygen atoms in total. The molecule has 196 valence electrons. The summed E-state index contributed by atoms with van der Waals surface area (Å²) in [5.74, 6) is -0.754. The number of carbonyl (C=O) groups excluding carboxylic acids is 2. The average molecular weight is 631 g/mol. The van der Waals surface area contributed by atoms with Crippen molar-refractivity contribution < 1.29 is 19.1 Å². The molecule has 0 atom stereocenters. The molecule has 4 rings (SSSR count). The maximum absolute atomic E-state index is 13.4. The number of rotatable bonds is 7. The first kappa shape index (κ1) is 28.5. The highest BCUT2D eigenvalue weighted by molar-refractivity contribution is 7.80. The number of hydrogen-bond acceptors (Lipinski definition) is 5. The number of halogens is 5. The lowest BCUT2D eigenvalue weighted by atomic mass is 10.1. The molecule has 0 aromatic heterocycles. The van der Waals surface area contributed by atoms with E-state index in [0.29, 0.717) is 28.0 Å². The van der Waals surface area contributed by atoms with Gasteiger partial charge in [-0.05, 0) is 72.7 Å². The molecule has 0 saturated carbocycles. The van der Waals surface area contributed by atoms with Crippen LogP contribution in [0.5, 0.6) is 11.5 Å². The Kier molecular flexibility index (Phi) is 9.08. The van der Waals surface area contributed by atoms with Crippen LogP contribution >= 0.6 is 70.2 Å². The molecular formula is C26H17Cl5N2O4S. The quantitative estimate of drug-likeness (QED) is 0.164. The van der Waals surface area contributed by atoms with Gasteiger partial charge in [-0.1, -0.05) is 70.1 Å². The lowest BCUT2D eigenvalue weighted by molar-refractivity contribution is -0.122. The molecule has 0 spiro atoms. The van der Waals surface area contributed by atoms with Gasteiger partial charge in [-0.15, -0.1) is 0 Å². The van der Waals surface area contributed by atoms with E-state index in [0.717, 1.165) is 10.5 Å². The van der Waals surface area contributed by atoms with Crippen LogP contribution in [0.2, 0.25) is 25.1 Å². The summed E-state index contributed by atoms with van der Waals surface area (Å²) < 4.78 is 11.7. The van der Waals surface area contributed by atoms with Gasteiger partial charge in [0.1, 0.15) is 12.2 Å². The van der Waals surface area contributed by atoms with E-state index in [-0.39, 0.29) is 43.8 Å². The van der Waals surface area contributed by atoms with Gasteiger partial charge < -0.3 is 9.47 Å². The number of nitrogens with one attached hydrogen (secondary N) is 1. The summed E-state index contributed by atoms with van der Waals surface area (Å²) in [5.41, 5.74) is 1.23. The van der Waals surface area contributed by atoms with E-state index in [1.165, 1.54) is 6.08 Å². The molecule has 1 heterocycles. The van der Waals surface area contributed by atoms with Gasteiger partial charge in [-0.3, -0.25) is 19.8 Å². The zero-order valence-electron chi connectivity index (χ0n) is 19.5. The predicted octanol–water partition coefficient (Wildman–Crippen LogP) is 7.76. The third-order valence-electron chi connectivity index (χ3n) is 5.28. The van der Waals surface area contributed by atoms with Crippen LogP contribution in [0.25, 0.3) is 6.08 Å². The van der Waals surface area contributed by atoms with Crippen LogP contribution < -0.4 is 19.7 Å². The number of nitrogens with zero attached hydrogens (tertiary/aromatic N) is 1. The highest BCUT2D eigenvalue weighted by Crippen LogP contribution is 2.39. The number of anilines is 1. The summed E-state index contributed by atoms with van der Waals surface area (Å²) in [4.78, 5) is 27.2. The fraction of sp³-hybridized carbons (Fsp3) is 0.115. The van der Waals surface area contributed by atoms with Crippen molar-refractivity contribution in [3.05, 3.63) is 90.3 Å². The molecule has 1 fully saturated rings. The third-order valence-corrected chi connectivity index (χ3v) is 7.40. The van der Waals surface area contributed by atoms with E-state index in [1.54, 1.807) is 55.5 Å². The second-order valence-corrected chi connectivity index (χ2v) is 10.2. The van der Waals surface area contributed by atoms with Crippen LogP contribution in [0.3, 0.4) is 0 Å². The van der Waals surface area contributed by atoms with E-state index in [1.807, 2.05) is 0 Å². The number of ether oxygens (including phenoxy) is 2. The number of hydrogen-bond donors (Lipinski definition) is 1. The highest BCUT2D eigenvalue weighted by Gasteiger charge is 2.35. The number of benzene rings is 3. The maximum Gasteiger partial charge on any atom is 0.270 e. The molecule has 1 aliphatic heterocycles. The fourth-order valence-electron chi connectivity index (χ4n) is 3.57.